The Balaban J connectivity index is 1.70. The van der Waals surface area contributed by atoms with Crippen LogP contribution in [-0.2, 0) is 24.8 Å². The molecule has 10 nitrogen and oxygen atoms in total. The van der Waals surface area contributed by atoms with Crippen LogP contribution in [0.15, 0.2) is 11.4 Å². The van der Waals surface area contributed by atoms with Gasteiger partial charge in [-0.15, -0.1) is 25.5 Å². The molecule has 0 atom stereocenters. The van der Waals surface area contributed by atoms with Crippen LogP contribution in [0.3, 0.4) is 0 Å². The van der Waals surface area contributed by atoms with E-state index < -0.39 is 0 Å². The molecule has 0 fully saturated rings. The summed E-state index contributed by atoms with van der Waals surface area (Å²) in [6.45, 7) is 4.64. The number of carbonyl (C=O) groups is 1. The first-order chi connectivity index (χ1) is 13.0. The fraction of sp³-hybridized carbons (Fsp3) is 0.467. The van der Waals surface area contributed by atoms with Gasteiger partial charge in [0.25, 0.3) is 0 Å². The third kappa shape index (κ3) is 4.27. The Labute approximate surface area is 164 Å². The van der Waals surface area contributed by atoms with Gasteiger partial charge in [-0.25, -0.2) is 0 Å². The summed E-state index contributed by atoms with van der Waals surface area (Å²) in [5, 5.41) is 25.5. The van der Waals surface area contributed by atoms with Crippen LogP contribution in [0.2, 0.25) is 0 Å². The van der Waals surface area contributed by atoms with Gasteiger partial charge in [0.1, 0.15) is 10.6 Å². The van der Waals surface area contributed by atoms with Gasteiger partial charge in [-0.3, -0.25) is 14.8 Å². The number of amides is 1. The first kappa shape index (κ1) is 19.3. The topological polar surface area (TPSA) is 113 Å². The molecule has 3 rings (SSSR count). The molecular formula is C15H20N8O2S2. The van der Waals surface area contributed by atoms with Gasteiger partial charge < -0.3 is 9.30 Å². The minimum atomic E-state index is -0.162. The van der Waals surface area contributed by atoms with Crippen LogP contribution < -0.4 is 10.1 Å². The monoisotopic (exact) mass is 408 g/mol. The van der Waals surface area contributed by atoms with Crippen LogP contribution in [0, 0.1) is 0 Å². The molecule has 12 heteroatoms. The molecule has 0 aliphatic carbocycles. The average Bonchev–Trinajstić information content (AvgIpc) is 3.37. The van der Waals surface area contributed by atoms with Gasteiger partial charge >= 0.3 is 0 Å². The maximum atomic E-state index is 12.2. The molecule has 0 aromatic carbocycles. The summed E-state index contributed by atoms with van der Waals surface area (Å²) in [6.07, 6.45) is 2.62. The zero-order chi connectivity index (χ0) is 19.4. The van der Waals surface area contributed by atoms with E-state index in [1.165, 1.54) is 23.1 Å². The highest BCUT2D eigenvalue weighted by Crippen LogP contribution is 2.30. The van der Waals surface area contributed by atoms with Crippen LogP contribution in [0.4, 0.5) is 5.13 Å². The number of thioether (sulfide) groups is 1. The van der Waals surface area contributed by atoms with E-state index in [0.29, 0.717) is 28.5 Å². The second-order valence-corrected chi connectivity index (χ2v) is 7.47. The molecule has 0 radical (unpaired) electrons. The highest BCUT2D eigenvalue weighted by molar-refractivity contribution is 7.99. The van der Waals surface area contributed by atoms with Gasteiger partial charge in [-0.1, -0.05) is 30.0 Å². The average molecular weight is 409 g/mol. The Bertz CT molecular complexity index is 932. The molecule has 1 amide bonds. The van der Waals surface area contributed by atoms with E-state index in [4.69, 9.17) is 4.74 Å². The molecule has 1 N–H and O–H groups in total. The predicted molar refractivity (Wildman–Crippen MR) is 103 cm³/mol. The number of aromatic nitrogens is 7. The fourth-order valence-corrected chi connectivity index (χ4v) is 3.88. The maximum Gasteiger partial charge on any atom is 0.243 e. The minimum absolute atomic E-state index is 0.162. The molecule has 3 heterocycles. The van der Waals surface area contributed by atoms with Crippen molar-refractivity contribution in [3.05, 3.63) is 11.2 Å². The van der Waals surface area contributed by atoms with Crippen molar-refractivity contribution >= 4 is 34.1 Å². The number of ether oxygens (including phenoxy) is 1. The molecular weight excluding hydrogens is 388 g/mol. The number of carbonyl (C=O) groups excluding carboxylic acids is 1. The highest BCUT2D eigenvalue weighted by Gasteiger charge is 2.20. The van der Waals surface area contributed by atoms with Crippen molar-refractivity contribution in [2.24, 2.45) is 7.05 Å². The van der Waals surface area contributed by atoms with Crippen LogP contribution in [0.5, 0.6) is 5.88 Å². The Morgan fingerprint density at radius 1 is 1.30 bits per heavy atom. The van der Waals surface area contributed by atoms with Crippen molar-refractivity contribution in [2.75, 3.05) is 18.2 Å². The fourth-order valence-electron chi connectivity index (χ4n) is 2.38. The summed E-state index contributed by atoms with van der Waals surface area (Å²) >= 11 is 2.69. The van der Waals surface area contributed by atoms with Crippen LogP contribution in [-0.4, -0.2) is 53.5 Å². The number of aryl methyl sites for hydroxylation is 2. The zero-order valence-corrected chi connectivity index (χ0v) is 17.1. The number of hydrogen-bond donors (Lipinski definition) is 1. The van der Waals surface area contributed by atoms with Crippen molar-refractivity contribution in [3.63, 3.8) is 0 Å². The summed E-state index contributed by atoms with van der Waals surface area (Å²) in [7, 11) is 3.38. The van der Waals surface area contributed by atoms with Gasteiger partial charge in [0, 0.05) is 19.8 Å². The van der Waals surface area contributed by atoms with Crippen molar-refractivity contribution in [1.82, 2.24) is 34.7 Å². The molecule has 144 valence electrons. The van der Waals surface area contributed by atoms with E-state index >= 15 is 0 Å². The highest BCUT2D eigenvalue weighted by atomic mass is 32.2. The number of methoxy groups -OCH3 is 1. The maximum absolute atomic E-state index is 12.2. The lowest BCUT2D eigenvalue weighted by molar-refractivity contribution is -0.113. The molecule has 0 aliphatic heterocycles. The summed E-state index contributed by atoms with van der Waals surface area (Å²) in [6, 6.07) is 0. The summed E-state index contributed by atoms with van der Waals surface area (Å²) in [5.41, 5.74) is 0.756. The lowest BCUT2D eigenvalue weighted by atomic mass is 10.3. The van der Waals surface area contributed by atoms with Gasteiger partial charge in [-0.2, -0.15) is 0 Å². The Morgan fingerprint density at radius 3 is 2.78 bits per heavy atom. The van der Waals surface area contributed by atoms with Gasteiger partial charge in [0.15, 0.2) is 11.0 Å². The Hall–Kier alpha value is -2.47. The number of rotatable bonds is 8. The van der Waals surface area contributed by atoms with Gasteiger partial charge in [0.2, 0.25) is 16.9 Å². The summed E-state index contributed by atoms with van der Waals surface area (Å²) in [5.74, 6) is 1.17. The van der Waals surface area contributed by atoms with E-state index in [1.807, 2.05) is 31.7 Å². The second kappa shape index (κ2) is 8.48. The molecule has 0 spiro atoms. The van der Waals surface area contributed by atoms with Gasteiger partial charge in [0.05, 0.1) is 12.9 Å². The Kier molecular flexibility index (Phi) is 6.06. The summed E-state index contributed by atoms with van der Waals surface area (Å²) in [4.78, 5) is 12.2. The number of nitrogens with one attached hydrogen (secondary N) is 1. The van der Waals surface area contributed by atoms with E-state index in [2.05, 4.69) is 30.8 Å². The van der Waals surface area contributed by atoms with Crippen LogP contribution >= 0.6 is 23.1 Å². The Morgan fingerprint density at radius 2 is 2.11 bits per heavy atom. The molecule has 0 aliphatic rings. The zero-order valence-electron chi connectivity index (χ0n) is 15.5. The standard InChI is InChI=1S/C15H20N8O2S2/c1-5-11-17-19-14(27-11)16-10(24)8-26-15-20-18-12(23(15)6-2)9-7-22(3)21-13(9)25-4/h7H,5-6,8H2,1-4H3,(H,16,19,24). The van der Waals surface area contributed by atoms with Gasteiger partial charge in [-0.05, 0) is 13.3 Å². The predicted octanol–water partition coefficient (Wildman–Crippen LogP) is 1.85. The van der Waals surface area contributed by atoms with Crippen LogP contribution in [0.1, 0.15) is 18.9 Å². The molecule has 0 saturated carbocycles. The molecule has 0 unspecified atom stereocenters. The lowest BCUT2D eigenvalue weighted by Gasteiger charge is -2.06. The smallest absolute Gasteiger partial charge is 0.243 e. The molecule has 3 aromatic heterocycles. The third-order valence-corrected chi connectivity index (χ3v) is 5.56. The lowest BCUT2D eigenvalue weighted by Crippen LogP contribution is -2.14. The first-order valence-corrected chi connectivity index (χ1v) is 10.1. The summed E-state index contributed by atoms with van der Waals surface area (Å²) < 4.78 is 8.90. The van der Waals surface area contributed by atoms with E-state index in [1.54, 1.807) is 11.8 Å². The van der Waals surface area contributed by atoms with Crippen LogP contribution in [0.25, 0.3) is 11.4 Å². The third-order valence-electron chi connectivity index (χ3n) is 3.61. The first-order valence-electron chi connectivity index (χ1n) is 8.31. The minimum Gasteiger partial charge on any atom is -0.479 e. The van der Waals surface area contributed by atoms with Crippen molar-refractivity contribution in [1.29, 1.82) is 0 Å². The quantitative estimate of drug-likeness (QED) is 0.562. The second-order valence-electron chi connectivity index (χ2n) is 5.47. The van der Waals surface area contributed by atoms with Crippen molar-refractivity contribution in [3.8, 4) is 17.3 Å². The molecule has 0 bridgehead atoms. The van der Waals surface area contributed by atoms with E-state index in [0.717, 1.165) is 17.0 Å². The molecule has 3 aromatic rings. The van der Waals surface area contributed by atoms with Crippen molar-refractivity contribution < 1.29 is 9.53 Å². The van der Waals surface area contributed by atoms with E-state index in [9.17, 15) is 4.79 Å². The number of anilines is 1. The molecule has 0 saturated heterocycles. The van der Waals surface area contributed by atoms with Crippen molar-refractivity contribution in [2.45, 2.75) is 32.0 Å². The SMILES string of the molecule is CCc1nnc(NC(=O)CSc2nnc(-c3cn(C)nc3OC)n2CC)s1. The number of nitrogens with zero attached hydrogens (tertiary/aromatic N) is 7. The number of hydrogen-bond acceptors (Lipinski definition) is 9. The molecule has 27 heavy (non-hydrogen) atoms. The van der Waals surface area contributed by atoms with E-state index in [-0.39, 0.29) is 11.7 Å². The normalized spacial score (nSPS) is 11.0. The largest absolute Gasteiger partial charge is 0.479 e.